The number of rotatable bonds is 5. The Morgan fingerprint density at radius 3 is 2.56 bits per heavy atom. The van der Waals surface area contributed by atoms with Crippen LogP contribution in [0.1, 0.15) is 23.3 Å². The topological polar surface area (TPSA) is 76.6 Å². The molecule has 0 radical (unpaired) electrons. The SMILES string of the molecule is COc1cc(C(=O)Nc2ccc(N3CCCC3)c(F)c2)nc(OC)n1. The second-order valence-electron chi connectivity index (χ2n) is 5.60. The Balaban J connectivity index is 1.78. The van der Waals surface area contributed by atoms with Gasteiger partial charge < -0.3 is 19.7 Å². The second-order valence-corrected chi connectivity index (χ2v) is 5.60. The molecule has 1 N–H and O–H groups in total. The molecule has 7 nitrogen and oxygen atoms in total. The van der Waals surface area contributed by atoms with Crippen molar-refractivity contribution in [3.05, 3.63) is 35.8 Å². The third kappa shape index (κ3) is 3.78. The molecule has 2 aromatic rings. The van der Waals surface area contributed by atoms with E-state index in [0.29, 0.717) is 11.4 Å². The molecule has 1 fully saturated rings. The van der Waals surface area contributed by atoms with Crippen molar-refractivity contribution in [3.63, 3.8) is 0 Å². The lowest BCUT2D eigenvalue weighted by Crippen LogP contribution is -2.19. The van der Waals surface area contributed by atoms with E-state index in [4.69, 9.17) is 9.47 Å². The lowest BCUT2D eigenvalue weighted by atomic mass is 10.2. The van der Waals surface area contributed by atoms with Crippen LogP contribution < -0.4 is 19.7 Å². The fraction of sp³-hybridized carbons (Fsp3) is 0.353. The summed E-state index contributed by atoms with van der Waals surface area (Å²) in [5.41, 5.74) is 0.968. The van der Waals surface area contributed by atoms with Crippen LogP contribution in [0.2, 0.25) is 0 Å². The lowest BCUT2D eigenvalue weighted by Gasteiger charge is -2.18. The summed E-state index contributed by atoms with van der Waals surface area (Å²) in [4.78, 5) is 22.3. The van der Waals surface area contributed by atoms with Gasteiger partial charge in [0.2, 0.25) is 5.88 Å². The first-order valence-electron chi connectivity index (χ1n) is 7.93. The van der Waals surface area contributed by atoms with Crippen molar-refractivity contribution in [2.45, 2.75) is 12.8 Å². The van der Waals surface area contributed by atoms with Gasteiger partial charge in [-0.2, -0.15) is 9.97 Å². The second kappa shape index (κ2) is 7.33. The number of aromatic nitrogens is 2. The van der Waals surface area contributed by atoms with E-state index in [1.54, 1.807) is 12.1 Å². The predicted molar refractivity (Wildman–Crippen MR) is 90.9 cm³/mol. The summed E-state index contributed by atoms with van der Waals surface area (Å²) in [7, 11) is 2.82. The van der Waals surface area contributed by atoms with E-state index in [-0.39, 0.29) is 23.4 Å². The maximum Gasteiger partial charge on any atom is 0.320 e. The maximum absolute atomic E-state index is 14.3. The maximum atomic E-state index is 14.3. The van der Waals surface area contributed by atoms with Crippen molar-refractivity contribution in [1.29, 1.82) is 0 Å². The average molecular weight is 346 g/mol. The first kappa shape index (κ1) is 16.9. The van der Waals surface area contributed by atoms with Crippen molar-refractivity contribution in [2.75, 3.05) is 37.5 Å². The Labute approximate surface area is 144 Å². The monoisotopic (exact) mass is 346 g/mol. The number of benzene rings is 1. The van der Waals surface area contributed by atoms with Crippen LogP contribution in [0, 0.1) is 5.82 Å². The van der Waals surface area contributed by atoms with E-state index in [2.05, 4.69) is 15.3 Å². The highest BCUT2D eigenvalue weighted by Gasteiger charge is 2.18. The van der Waals surface area contributed by atoms with Gasteiger partial charge in [0.05, 0.1) is 19.9 Å². The lowest BCUT2D eigenvalue weighted by molar-refractivity contribution is 0.102. The minimum atomic E-state index is -0.507. The molecule has 0 atom stereocenters. The van der Waals surface area contributed by atoms with Crippen molar-refractivity contribution in [1.82, 2.24) is 9.97 Å². The van der Waals surface area contributed by atoms with Gasteiger partial charge in [-0.1, -0.05) is 0 Å². The zero-order valence-electron chi connectivity index (χ0n) is 14.1. The molecule has 132 valence electrons. The van der Waals surface area contributed by atoms with Crippen LogP contribution in [0.25, 0.3) is 0 Å². The normalized spacial score (nSPS) is 13.6. The fourth-order valence-corrected chi connectivity index (χ4v) is 2.71. The third-order valence-corrected chi connectivity index (χ3v) is 3.96. The van der Waals surface area contributed by atoms with Crippen LogP contribution in [0.15, 0.2) is 24.3 Å². The van der Waals surface area contributed by atoms with Gasteiger partial charge in [0, 0.05) is 24.8 Å². The van der Waals surface area contributed by atoms with Crippen molar-refractivity contribution in [3.8, 4) is 11.9 Å². The molecular formula is C17H19FN4O3. The number of nitrogens with zero attached hydrogens (tertiary/aromatic N) is 3. The average Bonchev–Trinajstić information content (AvgIpc) is 3.15. The van der Waals surface area contributed by atoms with E-state index in [0.717, 1.165) is 25.9 Å². The Hall–Kier alpha value is -2.90. The van der Waals surface area contributed by atoms with Crippen LogP contribution in [-0.4, -0.2) is 43.2 Å². The van der Waals surface area contributed by atoms with Gasteiger partial charge in [0.1, 0.15) is 11.5 Å². The van der Waals surface area contributed by atoms with E-state index >= 15 is 0 Å². The van der Waals surface area contributed by atoms with E-state index in [1.807, 2.05) is 4.90 Å². The molecule has 1 aromatic carbocycles. The van der Waals surface area contributed by atoms with Gasteiger partial charge in [0.25, 0.3) is 5.91 Å². The van der Waals surface area contributed by atoms with Gasteiger partial charge in [0.15, 0.2) is 0 Å². The van der Waals surface area contributed by atoms with Crippen LogP contribution in [-0.2, 0) is 0 Å². The molecule has 25 heavy (non-hydrogen) atoms. The summed E-state index contributed by atoms with van der Waals surface area (Å²) < 4.78 is 24.3. The molecule has 1 saturated heterocycles. The zero-order chi connectivity index (χ0) is 17.8. The van der Waals surface area contributed by atoms with Crippen LogP contribution in [0.5, 0.6) is 11.9 Å². The predicted octanol–water partition coefficient (Wildman–Crippen LogP) is 2.49. The van der Waals surface area contributed by atoms with E-state index in [1.165, 1.54) is 26.4 Å². The molecule has 3 rings (SSSR count). The van der Waals surface area contributed by atoms with Gasteiger partial charge in [-0.3, -0.25) is 4.79 Å². The Morgan fingerprint density at radius 2 is 1.92 bits per heavy atom. The molecular weight excluding hydrogens is 327 g/mol. The quantitative estimate of drug-likeness (QED) is 0.896. The summed E-state index contributed by atoms with van der Waals surface area (Å²) in [6.07, 6.45) is 2.13. The first-order valence-corrected chi connectivity index (χ1v) is 7.93. The number of anilines is 2. The van der Waals surface area contributed by atoms with Gasteiger partial charge >= 0.3 is 6.01 Å². The highest BCUT2D eigenvalue weighted by molar-refractivity contribution is 6.03. The third-order valence-electron chi connectivity index (χ3n) is 3.96. The Bertz CT molecular complexity index is 756. The standard InChI is InChI=1S/C17H19FN4O3/c1-24-15-10-13(20-17(21-15)25-2)16(23)19-11-5-6-14(12(18)9-11)22-7-3-4-8-22/h5-6,9-10H,3-4,7-8H2,1-2H3,(H,19,23). The Kier molecular flexibility index (Phi) is 4.97. The molecule has 8 heteroatoms. The molecule has 1 amide bonds. The number of hydrogen-bond donors (Lipinski definition) is 1. The fourth-order valence-electron chi connectivity index (χ4n) is 2.71. The number of carbonyl (C=O) groups excluding carboxylic acids is 1. The van der Waals surface area contributed by atoms with E-state index < -0.39 is 5.91 Å². The van der Waals surface area contributed by atoms with Gasteiger partial charge in [-0.15, -0.1) is 0 Å². The molecule has 0 unspecified atom stereocenters. The summed E-state index contributed by atoms with van der Waals surface area (Å²) in [5, 5.41) is 2.62. The molecule has 2 heterocycles. The number of nitrogens with one attached hydrogen (secondary N) is 1. The van der Waals surface area contributed by atoms with Crippen molar-refractivity contribution >= 4 is 17.3 Å². The van der Waals surface area contributed by atoms with E-state index in [9.17, 15) is 9.18 Å². The van der Waals surface area contributed by atoms with Crippen LogP contribution >= 0.6 is 0 Å². The molecule has 1 aromatic heterocycles. The first-order chi connectivity index (χ1) is 12.1. The number of amides is 1. The molecule has 0 aliphatic carbocycles. The Morgan fingerprint density at radius 1 is 1.16 bits per heavy atom. The minimum absolute atomic E-state index is 0.0139. The largest absolute Gasteiger partial charge is 0.481 e. The number of carbonyl (C=O) groups is 1. The highest BCUT2D eigenvalue weighted by Crippen LogP contribution is 2.26. The number of methoxy groups -OCH3 is 2. The highest BCUT2D eigenvalue weighted by atomic mass is 19.1. The molecule has 0 saturated carbocycles. The summed E-state index contributed by atoms with van der Waals surface area (Å²) in [6, 6.07) is 6.05. The summed E-state index contributed by atoms with van der Waals surface area (Å²) in [5.74, 6) is -0.669. The van der Waals surface area contributed by atoms with Crippen molar-refractivity contribution in [2.24, 2.45) is 0 Å². The number of hydrogen-bond acceptors (Lipinski definition) is 6. The summed E-state index contributed by atoms with van der Waals surface area (Å²) >= 11 is 0. The molecule has 1 aliphatic heterocycles. The van der Waals surface area contributed by atoms with Gasteiger partial charge in [-0.25, -0.2) is 4.39 Å². The number of ether oxygens (including phenoxy) is 2. The van der Waals surface area contributed by atoms with Crippen LogP contribution in [0.4, 0.5) is 15.8 Å². The zero-order valence-corrected chi connectivity index (χ0v) is 14.1. The smallest absolute Gasteiger partial charge is 0.320 e. The molecule has 0 spiro atoms. The van der Waals surface area contributed by atoms with Gasteiger partial charge in [-0.05, 0) is 31.0 Å². The van der Waals surface area contributed by atoms with Crippen molar-refractivity contribution < 1.29 is 18.7 Å². The molecule has 0 bridgehead atoms. The van der Waals surface area contributed by atoms with Crippen LogP contribution in [0.3, 0.4) is 0 Å². The molecule has 1 aliphatic rings. The minimum Gasteiger partial charge on any atom is -0.481 e. The summed E-state index contributed by atoms with van der Waals surface area (Å²) in [6.45, 7) is 1.70. The number of halogens is 1.